The minimum atomic E-state index is -1.37. The number of benzene rings is 1. The molecule has 1 spiro atoms. The Balaban J connectivity index is 0.854. The van der Waals surface area contributed by atoms with Crippen LogP contribution in [0.4, 0.5) is 5.69 Å². The predicted octanol–water partition coefficient (Wildman–Crippen LogP) is 3.53. The van der Waals surface area contributed by atoms with Crippen molar-refractivity contribution >= 4 is 23.9 Å². The van der Waals surface area contributed by atoms with Crippen molar-refractivity contribution in [3.05, 3.63) is 41.5 Å². The minimum absolute atomic E-state index is 0.0104. The van der Waals surface area contributed by atoms with E-state index in [2.05, 4.69) is 44.0 Å². The van der Waals surface area contributed by atoms with E-state index < -0.39 is 45.9 Å². The van der Waals surface area contributed by atoms with Gasteiger partial charge in [0, 0.05) is 55.3 Å². The Bertz CT molecular complexity index is 1940. The molecule has 18 atom stereocenters. The number of likely N-dealkylation sites (N-methyl/N-ethyl adjacent to an activating group) is 1. The number of ether oxygens (including phenoxy) is 2. The number of esters is 2. The van der Waals surface area contributed by atoms with Crippen LogP contribution in [-0.4, -0.2) is 111 Å². The summed E-state index contributed by atoms with van der Waals surface area (Å²) >= 11 is 0. The molecule has 5 saturated carbocycles. The first kappa shape index (κ1) is 36.3. The molecule has 11 aliphatic rings. The molecule has 0 radical (unpaired) electrons. The Kier molecular flexibility index (Phi) is 7.42. The molecule has 0 amide bonds. The average Bonchev–Trinajstić information content (AvgIpc) is 3.86. The first-order valence-corrected chi connectivity index (χ1v) is 21.8. The number of para-hydroxylation sites is 1. The third-order valence-electron chi connectivity index (χ3n) is 19.6. The van der Waals surface area contributed by atoms with Gasteiger partial charge in [-0.2, -0.15) is 0 Å². The van der Waals surface area contributed by atoms with Gasteiger partial charge in [0.15, 0.2) is 12.8 Å². The third kappa shape index (κ3) is 3.92. The lowest BCUT2D eigenvalue weighted by Crippen LogP contribution is -2.83. The molecule has 4 N–H and O–H groups in total. The highest BCUT2D eigenvalue weighted by molar-refractivity contribution is 5.85. The fourth-order valence-corrected chi connectivity index (χ4v) is 17.6. The van der Waals surface area contributed by atoms with Gasteiger partial charge in [0.05, 0.1) is 40.2 Å². The van der Waals surface area contributed by atoms with Gasteiger partial charge >= 0.3 is 11.9 Å². The maximum atomic E-state index is 14.5. The number of cyclic esters (lactones) is 1. The van der Waals surface area contributed by atoms with Crippen molar-refractivity contribution in [3.8, 4) is 0 Å². The number of carbonyl (C=O) groups is 3. The predicted molar refractivity (Wildman–Crippen MR) is 202 cm³/mol. The highest BCUT2D eigenvalue weighted by atomic mass is 16.5. The van der Waals surface area contributed by atoms with Gasteiger partial charge in [-0.25, -0.2) is 9.59 Å². The highest BCUT2D eigenvalue weighted by Gasteiger charge is 2.83. The van der Waals surface area contributed by atoms with E-state index in [4.69, 9.17) is 9.47 Å². The summed E-state index contributed by atoms with van der Waals surface area (Å²) in [7, 11) is 2.11. The van der Waals surface area contributed by atoms with Gasteiger partial charge < -0.3 is 39.6 Å². The van der Waals surface area contributed by atoms with E-state index in [1.165, 1.54) is 5.56 Å². The number of aliphatic hydroxyl groups excluding tert-OH is 2. The minimum Gasteiger partial charge on any atom is -0.458 e. The average molecular weight is 772 g/mol. The lowest BCUT2D eigenvalue weighted by atomic mass is 9.41. The van der Waals surface area contributed by atoms with E-state index in [-0.39, 0.29) is 89.6 Å². The van der Waals surface area contributed by atoms with Gasteiger partial charge in [-0.3, -0.25) is 4.48 Å². The van der Waals surface area contributed by atoms with E-state index in [1.54, 1.807) is 6.08 Å². The molecular formula is C45H59N2O9+. The number of aliphatic hydroxyl groups is 4. The second kappa shape index (κ2) is 11.5. The van der Waals surface area contributed by atoms with Crippen LogP contribution in [0, 0.1) is 46.3 Å². The standard InChI is InChI=1S/C45H59N2O9/c1-4-26-27-18-33-38-44(31-7-5-6-8-32(31)46(38)3)20-34(37(27)39(44)51)47(33,40(26)52)21-36(50)56-25-9-14-42(23-48)29-10-13-41(2)28(24-17-35(49)55-22-24)12-16-45(41,54)30(29)11-15-43(42,53)19-25/h5-8,17,23,25-30,33-34,37-40,51-54H,4,9-16,18-22H2,1-3H3/q+1/t25-,26-,27?,28+,29-,30+,33-,34-,37?,38-,39?,40+,41+,42-,43-,44?,45-,47-/m0/s1. The monoisotopic (exact) mass is 771 g/mol. The maximum Gasteiger partial charge on any atom is 0.362 e. The molecule has 6 heterocycles. The summed E-state index contributed by atoms with van der Waals surface area (Å²) in [6.07, 6.45) is 7.72. The van der Waals surface area contributed by atoms with Crippen LogP contribution in [0.2, 0.25) is 0 Å². The summed E-state index contributed by atoms with van der Waals surface area (Å²) in [6, 6.07) is 8.28. The number of hydrogen-bond acceptors (Lipinski definition) is 10. The number of carbonyl (C=O) groups excluding carboxylic acids is 3. The topological polar surface area (TPSA) is 154 Å². The zero-order valence-electron chi connectivity index (χ0n) is 33.0. The molecule has 5 aliphatic carbocycles. The number of piperidine rings is 4. The molecule has 6 aliphatic heterocycles. The fraction of sp³-hybridized carbons (Fsp3) is 0.756. The highest BCUT2D eigenvalue weighted by Crippen LogP contribution is 2.73. The lowest BCUT2D eigenvalue weighted by Gasteiger charge is -2.67. The van der Waals surface area contributed by atoms with Crippen molar-refractivity contribution in [2.75, 3.05) is 25.1 Å². The molecular weight excluding hydrogens is 713 g/mol. The number of rotatable bonds is 6. The third-order valence-corrected chi connectivity index (χ3v) is 19.6. The number of hydrogen-bond donors (Lipinski definition) is 4. The molecule has 302 valence electrons. The van der Waals surface area contributed by atoms with Crippen LogP contribution in [0.25, 0.3) is 0 Å². The van der Waals surface area contributed by atoms with Gasteiger partial charge in [-0.1, -0.05) is 32.0 Å². The molecule has 0 aromatic heterocycles. The van der Waals surface area contributed by atoms with Crippen LogP contribution < -0.4 is 4.90 Å². The zero-order chi connectivity index (χ0) is 38.9. The zero-order valence-corrected chi connectivity index (χ0v) is 33.0. The normalized spacial score (nSPS) is 54.1. The quantitative estimate of drug-likeness (QED) is 0.192. The molecule has 9 fully saturated rings. The maximum absolute atomic E-state index is 14.5. The second-order valence-corrected chi connectivity index (χ2v) is 20.6. The molecule has 12 rings (SSSR count). The van der Waals surface area contributed by atoms with Crippen molar-refractivity contribution in [3.63, 3.8) is 0 Å². The molecule has 5 bridgehead atoms. The smallest absolute Gasteiger partial charge is 0.362 e. The summed E-state index contributed by atoms with van der Waals surface area (Å²) in [5.41, 5.74) is -1.04. The van der Waals surface area contributed by atoms with Crippen molar-refractivity contribution in [2.24, 2.45) is 46.3 Å². The molecule has 11 heteroatoms. The first-order chi connectivity index (χ1) is 26.7. The molecule has 56 heavy (non-hydrogen) atoms. The Hall–Kier alpha value is -2.83. The van der Waals surface area contributed by atoms with Crippen molar-refractivity contribution < 1.29 is 48.8 Å². The van der Waals surface area contributed by atoms with E-state index in [0.717, 1.165) is 43.2 Å². The van der Waals surface area contributed by atoms with Crippen LogP contribution >= 0.6 is 0 Å². The Labute approximate surface area is 329 Å². The van der Waals surface area contributed by atoms with Gasteiger partial charge in [0.2, 0.25) is 0 Å². The molecule has 4 saturated heterocycles. The second-order valence-electron chi connectivity index (χ2n) is 20.6. The van der Waals surface area contributed by atoms with Crippen molar-refractivity contribution in [2.45, 2.75) is 144 Å². The van der Waals surface area contributed by atoms with Crippen molar-refractivity contribution in [1.29, 1.82) is 0 Å². The molecule has 1 aromatic carbocycles. The summed E-state index contributed by atoms with van der Waals surface area (Å²) in [4.78, 5) is 42.3. The summed E-state index contributed by atoms with van der Waals surface area (Å²) in [5, 5.41) is 50.1. The van der Waals surface area contributed by atoms with E-state index in [1.807, 2.05) is 6.07 Å². The van der Waals surface area contributed by atoms with Gasteiger partial charge in [-0.15, -0.1) is 0 Å². The van der Waals surface area contributed by atoms with Crippen LogP contribution in [0.3, 0.4) is 0 Å². The number of nitrogens with zero attached hydrogens (tertiary/aromatic N) is 2. The fourth-order valence-electron chi connectivity index (χ4n) is 17.6. The molecule has 1 aromatic rings. The SMILES string of the molecule is CC[C@H]1C2C[C@H]3[C@@H]4N(C)c5ccccc5C45C[C@@H](C2C5O)[N@@+]3(CC(=O)O[C@H]2CC[C@]3(C=O)[C@H]4CC[C@]5(C)[C@@H](C6=CC(=O)OC6)CC[C@]5(O)[C@@H]4CC[C@]3(O)C2)[C@@H]1O. The van der Waals surface area contributed by atoms with Gasteiger partial charge in [0.25, 0.3) is 0 Å². The molecule has 4 unspecified atom stereocenters. The van der Waals surface area contributed by atoms with Crippen LogP contribution in [0.15, 0.2) is 35.9 Å². The Morgan fingerprint density at radius 3 is 2.57 bits per heavy atom. The molecule has 11 nitrogen and oxygen atoms in total. The summed E-state index contributed by atoms with van der Waals surface area (Å²) in [6.45, 7) is 4.56. The summed E-state index contributed by atoms with van der Waals surface area (Å²) in [5.74, 6) is -0.852. The van der Waals surface area contributed by atoms with Crippen LogP contribution in [0.1, 0.15) is 96.5 Å². The van der Waals surface area contributed by atoms with Crippen LogP contribution in [-0.2, 0) is 29.3 Å². The lowest BCUT2D eigenvalue weighted by molar-refractivity contribution is -1.03. The number of aldehydes is 1. The Morgan fingerprint density at radius 1 is 1.04 bits per heavy atom. The largest absolute Gasteiger partial charge is 0.458 e. The van der Waals surface area contributed by atoms with Gasteiger partial charge in [-0.05, 0) is 98.7 Å². The van der Waals surface area contributed by atoms with E-state index in [0.29, 0.717) is 44.9 Å². The number of quaternary nitrogens is 1. The number of fused-ring (bicyclic) bond motifs is 7. The first-order valence-electron chi connectivity index (χ1n) is 21.8. The van der Waals surface area contributed by atoms with Crippen LogP contribution in [0.5, 0.6) is 0 Å². The van der Waals surface area contributed by atoms with Gasteiger partial charge in [0.1, 0.15) is 25.0 Å². The van der Waals surface area contributed by atoms with E-state index in [9.17, 15) is 34.8 Å². The van der Waals surface area contributed by atoms with Crippen molar-refractivity contribution in [1.82, 2.24) is 0 Å². The summed E-state index contributed by atoms with van der Waals surface area (Å²) < 4.78 is 11.9. The number of anilines is 1. The van der Waals surface area contributed by atoms with E-state index >= 15 is 0 Å². The Morgan fingerprint density at radius 2 is 1.82 bits per heavy atom.